The molecule has 1 nitrogen and oxygen atoms in total. The summed E-state index contributed by atoms with van der Waals surface area (Å²) in [5.74, 6) is 0. The number of anilines is 3. The van der Waals surface area contributed by atoms with Gasteiger partial charge in [0.05, 0.1) is 5.69 Å². The summed E-state index contributed by atoms with van der Waals surface area (Å²) < 4.78 is 2.58. The van der Waals surface area contributed by atoms with E-state index in [1.165, 1.54) is 63.2 Å². The minimum atomic E-state index is -2.69. The third kappa shape index (κ3) is 6.28. The molecule has 0 spiro atoms. The van der Waals surface area contributed by atoms with Gasteiger partial charge in [-0.15, -0.1) is 11.3 Å². The number of benzene rings is 9. The molecule has 0 radical (unpaired) electrons. The van der Waals surface area contributed by atoms with Crippen molar-refractivity contribution in [3.63, 3.8) is 0 Å². The Morgan fingerprint density at radius 1 is 0.316 bits per heavy atom. The van der Waals surface area contributed by atoms with E-state index in [0.717, 1.165) is 17.1 Å². The van der Waals surface area contributed by atoms with Gasteiger partial charge in [0.1, 0.15) is 0 Å². The summed E-state index contributed by atoms with van der Waals surface area (Å²) in [4.78, 5) is 2.45. The van der Waals surface area contributed by atoms with Crippen LogP contribution >= 0.6 is 11.3 Å². The highest BCUT2D eigenvalue weighted by atomic mass is 32.1. The van der Waals surface area contributed by atoms with Crippen LogP contribution in [0.1, 0.15) is 0 Å². The van der Waals surface area contributed by atoms with Gasteiger partial charge < -0.3 is 4.90 Å². The van der Waals surface area contributed by atoms with Gasteiger partial charge >= 0.3 is 0 Å². The molecule has 10 rings (SSSR count). The number of para-hydroxylation sites is 1. The molecule has 3 heteroatoms. The average molecular weight is 762 g/mol. The van der Waals surface area contributed by atoms with Gasteiger partial charge in [-0.1, -0.05) is 188 Å². The van der Waals surface area contributed by atoms with Crippen LogP contribution in [-0.4, -0.2) is 8.07 Å². The predicted molar refractivity (Wildman–Crippen MR) is 249 cm³/mol. The average Bonchev–Trinajstić information content (AvgIpc) is 3.66. The summed E-state index contributed by atoms with van der Waals surface area (Å²) in [5, 5.41) is 8.00. The van der Waals surface area contributed by atoms with E-state index in [1.54, 1.807) is 0 Å². The van der Waals surface area contributed by atoms with Crippen LogP contribution in [0.25, 0.3) is 42.4 Å². The monoisotopic (exact) mass is 761 g/mol. The van der Waals surface area contributed by atoms with Crippen molar-refractivity contribution >= 4 is 77.4 Å². The highest BCUT2D eigenvalue weighted by molar-refractivity contribution is 7.25. The lowest BCUT2D eigenvalue weighted by atomic mass is 10.0. The number of hydrogen-bond acceptors (Lipinski definition) is 2. The van der Waals surface area contributed by atoms with Crippen LogP contribution in [0.3, 0.4) is 0 Å². The van der Waals surface area contributed by atoms with Crippen LogP contribution in [-0.2, 0) is 0 Å². The first-order chi connectivity index (χ1) is 28.3. The van der Waals surface area contributed by atoms with Crippen molar-refractivity contribution in [2.24, 2.45) is 0 Å². The van der Waals surface area contributed by atoms with Crippen LogP contribution in [0.4, 0.5) is 17.1 Å². The number of thiophene rings is 1. The zero-order valence-corrected chi connectivity index (χ0v) is 33.2. The molecular formula is C54H39NSSi. The van der Waals surface area contributed by atoms with Crippen LogP contribution in [0.2, 0.25) is 0 Å². The van der Waals surface area contributed by atoms with E-state index in [1.807, 2.05) is 11.3 Å². The molecule has 0 N–H and O–H groups in total. The number of fused-ring (bicyclic) bond motifs is 3. The van der Waals surface area contributed by atoms with Gasteiger partial charge in [-0.3, -0.25) is 0 Å². The Hall–Kier alpha value is -6.78. The zero-order valence-electron chi connectivity index (χ0n) is 31.4. The molecular weight excluding hydrogens is 723 g/mol. The van der Waals surface area contributed by atoms with E-state index in [-0.39, 0.29) is 0 Å². The summed E-state index contributed by atoms with van der Waals surface area (Å²) in [6, 6.07) is 87.1. The Labute approximate surface area is 339 Å². The van der Waals surface area contributed by atoms with E-state index in [2.05, 4.69) is 241 Å². The van der Waals surface area contributed by atoms with Crippen LogP contribution in [0.5, 0.6) is 0 Å². The van der Waals surface area contributed by atoms with Crippen LogP contribution in [0, 0.1) is 0 Å². The maximum atomic E-state index is 2.45. The molecule has 10 aromatic rings. The normalized spacial score (nSPS) is 11.5. The van der Waals surface area contributed by atoms with Gasteiger partial charge in [0.2, 0.25) is 0 Å². The predicted octanol–water partition coefficient (Wildman–Crippen LogP) is 12.2. The third-order valence-electron chi connectivity index (χ3n) is 11.2. The second kappa shape index (κ2) is 15.0. The van der Waals surface area contributed by atoms with E-state index >= 15 is 0 Å². The Kier molecular flexibility index (Phi) is 9.15. The first-order valence-corrected chi connectivity index (χ1v) is 22.3. The molecule has 0 bridgehead atoms. The third-order valence-corrected chi connectivity index (χ3v) is 17.2. The SMILES string of the molecule is c1ccc(-c2ccc3sc4ccc(N(c5ccc([Si](c6ccccc6)(c6ccccc6)c6ccccc6)cc5)c5ccccc5-c5ccccc5)cc4c3c2)cc1. The molecule has 0 aliphatic rings. The highest BCUT2D eigenvalue weighted by Gasteiger charge is 2.41. The van der Waals surface area contributed by atoms with Crippen molar-refractivity contribution in [1.82, 2.24) is 0 Å². The zero-order chi connectivity index (χ0) is 38.0. The summed E-state index contributed by atoms with van der Waals surface area (Å²) in [6.45, 7) is 0. The van der Waals surface area contributed by atoms with Crippen molar-refractivity contribution in [2.75, 3.05) is 4.90 Å². The summed E-state index contributed by atoms with van der Waals surface area (Å²) in [6.07, 6.45) is 0. The van der Waals surface area contributed by atoms with E-state index in [9.17, 15) is 0 Å². The first kappa shape index (κ1) is 34.7. The molecule has 1 aromatic heterocycles. The minimum absolute atomic E-state index is 1.11. The molecule has 0 unspecified atom stereocenters. The molecule has 0 aliphatic heterocycles. The molecule has 0 saturated heterocycles. The Morgan fingerprint density at radius 3 is 1.33 bits per heavy atom. The highest BCUT2D eigenvalue weighted by Crippen LogP contribution is 2.44. The summed E-state index contributed by atoms with van der Waals surface area (Å²) >= 11 is 1.86. The number of nitrogens with zero attached hydrogens (tertiary/aromatic N) is 1. The lowest BCUT2D eigenvalue weighted by molar-refractivity contribution is 1.29. The lowest BCUT2D eigenvalue weighted by Crippen LogP contribution is -2.74. The minimum Gasteiger partial charge on any atom is -0.310 e. The van der Waals surface area contributed by atoms with Crippen molar-refractivity contribution < 1.29 is 0 Å². The van der Waals surface area contributed by atoms with E-state index < -0.39 is 8.07 Å². The Bertz CT molecular complexity index is 2830. The maximum absolute atomic E-state index is 2.69. The fraction of sp³-hybridized carbons (Fsp3) is 0. The molecule has 0 fully saturated rings. The fourth-order valence-corrected chi connectivity index (χ4v) is 14.4. The van der Waals surface area contributed by atoms with Crippen LogP contribution in [0.15, 0.2) is 237 Å². The van der Waals surface area contributed by atoms with Gasteiger partial charge in [0.25, 0.3) is 0 Å². The molecule has 270 valence electrons. The quantitative estimate of drug-likeness (QED) is 0.105. The standard InChI is InChI=1S/C54H39NSSi/c1-6-18-40(19-7-1)42-30-36-53-50(38-42)51-39-44(33-37-54(51)56-53)55(52-29-17-16-28-49(52)41-20-8-2-9-21-41)43-31-34-48(35-32-43)57(45-22-10-3-11-23-45,46-24-12-4-13-25-46)47-26-14-5-15-27-47/h1-39H. The molecule has 1 heterocycles. The second-order valence-corrected chi connectivity index (χ2v) is 19.4. The Morgan fingerprint density at radius 2 is 0.754 bits per heavy atom. The second-order valence-electron chi connectivity index (χ2n) is 14.5. The molecule has 0 aliphatic carbocycles. The van der Waals surface area contributed by atoms with Gasteiger partial charge in [-0.05, 0) is 86.0 Å². The number of hydrogen-bond donors (Lipinski definition) is 0. The van der Waals surface area contributed by atoms with Gasteiger partial charge in [0, 0.05) is 37.1 Å². The van der Waals surface area contributed by atoms with Crippen molar-refractivity contribution in [3.05, 3.63) is 237 Å². The molecule has 9 aromatic carbocycles. The molecule has 0 amide bonds. The van der Waals surface area contributed by atoms with Crippen molar-refractivity contribution in [3.8, 4) is 22.3 Å². The first-order valence-electron chi connectivity index (χ1n) is 19.5. The maximum Gasteiger partial charge on any atom is 0.179 e. The molecule has 57 heavy (non-hydrogen) atoms. The molecule has 0 atom stereocenters. The summed E-state index contributed by atoms with van der Waals surface area (Å²) in [5.41, 5.74) is 8.22. The van der Waals surface area contributed by atoms with Crippen LogP contribution < -0.4 is 25.6 Å². The van der Waals surface area contributed by atoms with Gasteiger partial charge in [-0.2, -0.15) is 0 Å². The van der Waals surface area contributed by atoms with Crippen molar-refractivity contribution in [2.45, 2.75) is 0 Å². The smallest absolute Gasteiger partial charge is 0.179 e. The summed E-state index contributed by atoms with van der Waals surface area (Å²) in [7, 11) is -2.69. The van der Waals surface area contributed by atoms with Crippen molar-refractivity contribution in [1.29, 1.82) is 0 Å². The molecule has 0 saturated carbocycles. The Balaban J connectivity index is 1.18. The van der Waals surface area contributed by atoms with Gasteiger partial charge in [-0.25, -0.2) is 0 Å². The lowest BCUT2D eigenvalue weighted by Gasteiger charge is -2.35. The van der Waals surface area contributed by atoms with E-state index in [0.29, 0.717) is 0 Å². The number of rotatable bonds is 9. The topological polar surface area (TPSA) is 3.24 Å². The van der Waals surface area contributed by atoms with E-state index in [4.69, 9.17) is 0 Å². The fourth-order valence-electron chi connectivity index (χ4n) is 8.60. The largest absolute Gasteiger partial charge is 0.310 e. The van der Waals surface area contributed by atoms with Gasteiger partial charge in [0.15, 0.2) is 8.07 Å².